The van der Waals surface area contributed by atoms with Gasteiger partial charge in [-0.25, -0.2) is 4.63 Å². The first-order valence-corrected chi connectivity index (χ1v) is 10.1. The smallest absolute Gasteiger partial charge is 0.158 e. The highest BCUT2D eigenvalue weighted by molar-refractivity contribution is 6.36. The number of halogens is 2. The summed E-state index contributed by atoms with van der Waals surface area (Å²) in [4.78, 5) is 4.94. The van der Waals surface area contributed by atoms with E-state index >= 15 is 0 Å². The van der Waals surface area contributed by atoms with E-state index in [0.29, 0.717) is 16.0 Å². The monoisotopic (exact) mass is 402 g/mol. The van der Waals surface area contributed by atoms with E-state index in [2.05, 4.69) is 26.2 Å². The minimum Gasteiger partial charge on any atom is -0.369 e. The van der Waals surface area contributed by atoms with E-state index in [4.69, 9.17) is 27.8 Å². The summed E-state index contributed by atoms with van der Waals surface area (Å²) < 4.78 is 5.01. The Morgan fingerprint density at radius 1 is 1.04 bits per heavy atom. The molecule has 2 aliphatic heterocycles. The van der Waals surface area contributed by atoms with E-state index in [1.165, 1.54) is 32.5 Å². The molecule has 2 saturated heterocycles. The van der Waals surface area contributed by atoms with Crippen LogP contribution in [0.15, 0.2) is 35.0 Å². The van der Waals surface area contributed by atoms with E-state index < -0.39 is 0 Å². The summed E-state index contributed by atoms with van der Waals surface area (Å²) in [5.41, 5.74) is 4.55. The fourth-order valence-corrected chi connectivity index (χ4v) is 4.72. The summed E-state index contributed by atoms with van der Waals surface area (Å²) in [6, 6.07) is 9.65. The van der Waals surface area contributed by atoms with Gasteiger partial charge in [-0.15, -0.1) is 0 Å². The molecule has 2 fully saturated rings. The third-order valence-electron chi connectivity index (χ3n) is 5.60. The Balaban J connectivity index is 1.43. The highest BCUT2D eigenvalue weighted by Crippen LogP contribution is 2.38. The van der Waals surface area contributed by atoms with Crippen LogP contribution in [0.2, 0.25) is 10.0 Å². The third-order valence-corrected chi connectivity index (χ3v) is 6.14. The average molecular weight is 403 g/mol. The Morgan fingerprint density at radius 2 is 1.85 bits per heavy atom. The van der Waals surface area contributed by atoms with Crippen molar-refractivity contribution in [3.8, 4) is 11.1 Å². The maximum atomic E-state index is 6.42. The zero-order valence-electron chi connectivity index (χ0n) is 14.9. The highest BCUT2D eigenvalue weighted by atomic mass is 35.5. The van der Waals surface area contributed by atoms with E-state index in [-0.39, 0.29) is 0 Å². The van der Waals surface area contributed by atoms with Crippen molar-refractivity contribution in [3.05, 3.63) is 40.4 Å². The van der Waals surface area contributed by atoms with Gasteiger partial charge in [0.15, 0.2) is 5.52 Å². The van der Waals surface area contributed by atoms with Gasteiger partial charge in [-0.2, -0.15) is 0 Å². The van der Waals surface area contributed by atoms with E-state index in [0.717, 1.165) is 40.9 Å². The van der Waals surface area contributed by atoms with Gasteiger partial charge in [0.1, 0.15) is 5.52 Å². The van der Waals surface area contributed by atoms with Crippen molar-refractivity contribution in [3.63, 3.8) is 0 Å². The van der Waals surface area contributed by atoms with Gasteiger partial charge in [-0.3, -0.25) is 0 Å². The number of hydrogen-bond acceptors (Lipinski definition) is 5. The van der Waals surface area contributed by atoms with Crippen LogP contribution in [0.5, 0.6) is 0 Å². The lowest BCUT2D eigenvalue weighted by Gasteiger charge is -2.42. The molecule has 0 unspecified atom stereocenters. The maximum Gasteiger partial charge on any atom is 0.158 e. The van der Waals surface area contributed by atoms with Crippen LogP contribution < -0.4 is 4.90 Å². The highest BCUT2D eigenvalue weighted by Gasteiger charge is 2.31. The summed E-state index contributed by atoms with van der Waals surface area (Å²) in [6.07, 6.45) is 2.68. The predicted octanol–water partition coefficient (Wildman–Crippen LogP) is 4.73. The topological polar surface area (TPSA) is 45.4 Å². The minimum absolute atomic E-state index is 0.625. The van der Waals surface area contributed by atoms with Crippen LogP contribution in [0, 0.1) is 5.92 Å². The maximum absolute atomic E-state index is 6.42. The second-order valence-corrected chi connectivity index (χ2v) is 8.37. The fraction of sp³-hybridized carbons (Fsp3) is 0.400. The number of aromatic nitrogens is 2. The van der Waals surface area contributed by atoms with Crippen LogP contribution in [0.3, 0.4) is 0 Å². The van der Waals surface area contributed by atoms with Gasteiger partial charge in [-0.1, -0.05) is 29.3 Å². The van der Waals surface area contributed by atoms with Crippen molar-refractivity contribution in [2.45, 2.75) is 12.8 Å². The van der Waals surface area contributed by atoms with Crippen molar-refractivity contribution in [1.82, 2.24) is 15.2 Å². The van der Waals surface area contributed by atoms with E-state index in [1.807, 2.05) is 18.2 Å². The molecule has 0 bridgehead atoms. The predicted molar refractivity (Wildman–Crippen MR) is 109 cm³/mol. The number of hydrogen-bond donors (Lipinski definition) is 0. The number of anilines is 1. The quantitative estimate of drug-likeness (QED) is 0.630. The molecule has 27 heavy (non-hydrogen) atoms. The van der Waals surface area contributed by atoms with Crippen LogP contribution in [0.4, 0.5) is 5.69 Å². The molecular formula is C20H20Cl2N4O. The number of nitrogens with zero attached hydrogens (tertiary/aromatic N) is 4. The van der Waals surface area contributed by atoms with Crippen LogP contribution in [0.25, 0.3) is 22.2 Å². The molecule has 0 aliphatic carbocycles. The van der Waals surface area contributed by atoms with Crippen molar-refractivity contribution in [2.75, 3.05) is 37.6 Å². The Labute approximate surface area is 167 Å². The molecule has 0 amide bonds. The molecule has 5 nitrogen and oxygen atoms in total. The van der Waals surface area contributed by atoms with Crippen molar-refractivity contribution in [1.29, 1.82) is 0 Å². The minimum atomic E-state index is 0.625. The first-order chi connectivity index (χ1) is 13.2. The zero-order valence-corrected chi connectivity index (χ0v) is 16.4. The summed E-state index contributed by atoms with van der Waals surface area (Å²) in [5, 5.41) is 9.44. The molecule has 5 rings (SSSR count). The summed E-state index contributed by atoms with van der Waals surface area (Å²) in [5.74, 6) is 0.709. The lowest BCUT2D eigenvalue weighted by molar-refractivity contribution is 0.247. The standard InChI is InChI=1S/C20H20Cl2N4O/c21-15-3-4-16(17(22)9-15)14-7-18-20(24-27-23-18)19(8-14)26-11-13(12-26)10-25-5-1-2-6-25/h3-4,7-9,13H,1-2,5-6,10-12H2. The second kappa shape index (κ2) is 6.97. The SMILES string of the molecule is Clc1ccc(-c2cc(N3CC(CN4CCCC4)C3)c3nonc3c2)c(Cl)c1. The molecule has 140 valence electrons. The largest absolute Gasteiger partial charge is 0.369 e. The fourth-order valence-electron chi connectivity index (χ4n) is 4.21. The molecule has 0 radical (unpaired) electrons. The Morgan fingerprint density at radius 3 is 2.63 bits per heavy atom. The van der Waals surface area contributed by atoms with Crippen LogP contribution in [-0.2, 0) is 0 Å². The van der Waals surface area contributed by atoms with Crippen molar-refractivity contribution >= 4 is 39.9 Å². The zero-order chi connectivity index (χ0) is 18.4. The van der Waals surface area contributed by atoms with Crippen LogP contribution in [0.1, 0.15) is 12.8 Å². The van der Waals surface area contributed by atoms with Crippen LogP contribution >= 0.6 is 23.2 Å². The second-order valence-electron chi connectivity index (χ2n) is 7.53. The van der Waals surface area contributed by atoms with Gasteiger partial charge < -0.3 is 9.80 Å². The number of fused-ring (bicyclic) bond motifs is 1. The third kappa shape index (κ3) is 3.28. The van der Waals surface area contributed by atoms with E-state index in [9.17, 15) is 0 Å². The molecule has 2 aliphatic rings. The first kappa shape index (κ1) is 17.3. The molecule has 2 aromatic carbocycles. The van der Waals surface area contributed by atoms with Gasteiger partial charge in [-0.05, 0) is 66.1 Å². The first-order valence-electron chi connectivity index (χ1n) is 9.36. The van der Waals surface area contributed by atoms with Gasteiger partial charge in [0.05, 0.1) is 5.69 Å². The molecule has 3 heterocycles. The van der Waals surface area contributed by atoms with Gasteiger partial charge >= 0.3 is 0 Å². The van der Waals surface area contributed by atoms with Crippen molar-refractivity contribution < 1.29 is 4.63 Å². The molecule has 7 heteroatoms. The summed E-state index contributed by atoms with van der Waals surface area (Å²) in [7, 11) is 0. The van der Waals surface area contributed by atoms with Gasteiger partial charge in [0, 0.05) is 41.2 Å². The molecule has 0 spiro atoms. The number of rotatable bonds is 4. The van der Waals surface area contributed by atoms with Crippen LogP contribution in [-0.4, -0.2) is 47.9 Å². The normalized spacial score (nSPS) is 18.4. The van der Waals surface area contributed by atoms with E-state index in [1.54, 1.807) is 6.07 Å². The van der Waals surface area contributed by atoms with Crippen molar-refractivity contribution in [2.24, 2.45) is 5.92 Å². The Bertz CT molecular complexity index is 977. The molecule has 0 N–H and O–H groups in total. The lowest BCUT2D eigenvalue weighted by Crippen LogP contribution is -2.51. The molecular weight excluding hydrogens is 383 g/mol. The summed E-state index contributed by atoms with van der Waals surface area (Å²) in [6.45, 7) is 5.77. The average Bonchev–Trinajstić information content (AvgIpc) is 3.28. The Hall–Kier alpha value is -1.82. The van der Waals surface area contributed by atoms with Gasteiger partial charge in [0.25, 0.3) is 0 Å². The van der Waals surface area contributed by atoms with Gasteiger partial charge in [0.2, 0.25) is 0 Å². The molecule has 0 atom stereocenters. The molecule has 3 aromatic rings. The lowest BCUT2D eigenvalue weighted by atomic mass is 9.96. The number of likely N-dealkylation sites (tertiary alicyclic amines) is 1. The Kier molecular flexibility index (Phi) is 4.46. The molecule has 0 saturated carbocycles. The number of benzene rings is 2. The molecule has 1 aromatic heterocycles. The summed E-state index contributed by atoms with van der Waals surface area (Å²) >= 11 is 12.5.